The predicted molar refractivity (Wildman–Crippen MR) is 133 cm³/mol. The van der Waals surface area contributed by atoms with Crippen molar-refractivity contribution in [2.45, 2.75) is 56.8 Å². The van der Waals surface area contributed by atoms with Crippen molar-refractivity contribution in [1.82, 2.24) is 29.7 Å². The molecule has 3 atom stereocenters. The molecule has 0 bridgehead atoms. The highest BCUT2D eigenvalue weighted by Crippen LogP contribution is 2.47. The third kappa shape index (κ3) is 8.93. The fraction of sp³-hybridized carbons (Fsp3) is 0.455. The lowest BCUT2D eigenvalue weighted by molar-refractivity contribution is -0.274. The van der Waals surface area contributed by atoms with E-state index in [9.17, 15) is 54.0 Å². The lowest BCUT2D eigenvalue weighted by Gasteiger charge is -2.34. The number of carboxylic acids is 1. The predicted octanol–water partition coefficient (Wildman–Crippen LogP) is 4.75. The Morgan fingerprint density at radius 2 is 1.64 bits per heavy atom. The Morgan fingerprint density at radius 1 is 1.02 bits per heavy atom. The molecule has 244 valence electrons. The summed E-state index contributed by atoms with van der Waals surface area (Å²) in [5, 5.41) is 13.0. The van der Waals surface area contributed by atoms with Gasteiger partial charge in [0.15, 0.2) is 17.6 Å². The lowest BCUT2D eigenvalue weighted by atomic mass is 10.1. The van der Waals surface area contributed by atoms with E-state index in [1.165, 1.54) is 0 Å². The first-order valence-corrected chi connectivity index (χ1v) is 13.8. The third-order valence-corrected chi connectivity index (χ3v) is 7.83. The first-order chi connectivity index (χ1) is 20.0. The van der Waals surface area contributed by atoms with Crippen LogP contribution in [-0.2, 0) is 20.6 Å². The Labute approximate surface area is 241 Å². The molecule has 0 amide bonds. The number of nitrogen functional groups attached to an aromatic ring is 1. The van der Waals surface area contributed by atoms with Gasteiger partial charge in [0.2, 0.25) is 7.44 Å². The monoisotopic (exact) mass is 667 g/mol. The van der Waals surface area contributed by atoms with E-state index in [4.69, 9.17) is 10.5 Å². The molecule has 5 N–H and O–H groups in total. The molecule has 12 nitrogen and oxygen atoms in total. The van der Waals surface area contributed by atoms with Gasteiger partial charge in [-0.1, -0.05) is 12.1 Å². The molecule has 0 saturated heterocycles. The first kappa shape index (κ1) is 34.8. The summed E-state index contributed by atoms with van der Waals surface area (Å²) in [5.41, 5.74) is 2.28. The van der Waals surface area contributed by atoms with Gasteiger partial charge in [0, 0.05) is 0 Å². The minimum absolute atomic E-state index is 0.0645. The number of carbonyl (C=O) groups is 1. The fourth-order valence-corrected chi connectivity index (χ4v) is 5.97. The number of anilines is 1. The number of rotatable bonds is 12. The van der Waals surface area contributed by atoms with Gasteiger partial charge in [0.25, 0.3) is 0 Å². The number of nitrogens with zero attached hydrogens (tertiary/aromatic N) is 4. The number of ether oxygens (including phenoxy) is 2. The van der Waals surface area contributed by atoms with Crippen molar-refractivity contribution in [1.29, 1.82) is 0 Å². The van der Waals surface area contributed by atoms with Gasteiger partial charge in [-0.2, -0.15) is 26.3 Å². The van der Waals surface area contributed by atoms with E-state index < -0.39 is 74.0 Å². The molecule has 22 heteroatoms. The van der Waals surface area contributed by atoms with Crippen molar-refractivity contribution in [3.05, 3.63) is 42.5 Å². The SMILES string of the molecule is CC(C)(NP(=O)(COC(Cn1cnc2c(N)ncnc21)C(F)(F)F)NC(c1ccc(OC(F)(F)F)cc1)C(F)(F)F)C(=O)O. The standard InChI is InChI=1S/C22H23F9N7O5P/c1-19(2,18(39)40)37-44(41,36-15(21(26,27)28)11-3-5-12(6-4-11)43-22(29,30)31)10-42-13(20(23,24)25)7-38-9-35-14-16(32)33-8-34-17(14)38/h3-6,8-9,13,15H,7,10H2,1-2H3,(H,39,40)(H2,32,33,34)(H2,36,37,41). The average Bonchev–Trinajstić information content (AvgIpc) is 3.27. The summed E-state index contributed by atoms with van der Waals surface area (Å²) in [6, 6.07) is -0.878. The molecule has 0 aliphatic carbocycles. The first-order valence-electron chi connectivity index (χ1n) is 11.9. The lowest BCUT2D eigenvalue weighted by Crippen LogP contribution is -2.49. The maximum absolute atomic E-state index is 14.1. The third-order valence-electron chi connectivity index (χ3n) is 5.72. The van der Waals surface area contributed by atoms with Crippen LogP contribution in [0.2, 0.25) is 0 Å². The molecule has 0 saturated carbocycles. The fourth-order valence-electron chi connectivity index (χ4n) is 3.67. The molecule has 0 aliphatic rings. The van der Waals surface area contributed by atoms with Crippen LogP contribution in [0.3, 0.4) is 0 Å². The quantitative estimate of drug-likeness (QED) is 0.156. The molecular formula is C22H23F9N7O5P. The zero-order chi connectivity index (χ0) is 33.3. The Morgan fingerprint density at radius 3 is 2.16 bits per heavy atom. The van der Waals surface area contributed by atoms with E-state index in [0.717, 1.165) is 31.1 Å². The number of aliphatic carboxylic acids is 1. The van der Waals surface area contributed by atoms with Crippen molar-refractivity contribution in [3.8, 4) is 5.75 Å². The van der Waals surface area contributed by atoms with E-state index in [1.54, 1.807) is 5.09 Å². The molecular weight excluding hydrogens is 644 g/mol. The smallest absolute Gasteiger partial charge is 0.480 e. The number of nitrogens with one attached hydrogen (secondary N) is 2. The van der Waals surface area contributed by atoms with Gasteiger partial charge < -0.3 is 24.9 Å². The second-order valence-corrected chi connectivity index (χ2v) is 11.9. The summed E-state index contributed by atoms with van der Waals surface area (Å²) in [6.07, 6.45) is -18.4. The molecule has 44 heavy (non-hydrogen) atoms. The molecule has 3 unspecified atom stereocenters. The highest BCUT2D eigenvalue weighted by molar-refractivity contribution is 7.59. The van der Waals surface area contributed by atoms with Gasteiger partial charge in [-0.3, -0.25) is 9.36 Å². The number of alkyl halides is 9. The number of halogens is 9. The van der Waals surface area contributed by atoms with Crippen molar-refractivity contribution < 1.29 is 63.5 Å². The van der Waals surface area contributed by atoms with Crippen LogP contribution in [0.5, 0.6) is 5.75 Å². The average molecular weight is 667 g/mol. The minimum Gasteiger partial charge on any atom is -0.480 e. The number of carboxylic acid groups (broad SMARTS) is 1. The normalized spacial score (nSPS) is 16.0. The van der Waals surface area contributed by atoms with Crippen molar-refractivity contribution in [3.63, 3.8) is 0 Å². The summed E-state index contributed by atoms with van der Waals surface area (Å²) in [6.45, 7) is 0.652. The maximum Gasteiger partial charge on any atom is 0.573 e. The zero-order valence-corrected chi connectivity index (χ0v) is 23.2. The van der Waals surface area contributed by atoms with E-state index in [1.807, 2.05) is 5.09 Å². The van der Waals surface area contributed by atoms with E-state index in [2.05, 4.69) is 19.7 Å². The van der Waals surface area contributed by atoms with E-state index in [-0.39, 0.29) is 17.0 Å². The number of hydrogen-bond acceptors (Lipinski definition) is 8. The largest absolute Gasteiger partial charge is 0.573 e. The molecule has 3 rings (SSSR count). The summed E-state index contributed by atoms with van der Waals surface area (Å²) < 4.78 is 145. The van der Waals surface area contributed by atoms with Gasteiger partial charge in [-0.15, -0.1) is 13.2 Å². The summed E-state index contributed by atoms with van der Waals surface area (Å²) >= 11 is 0. The van der Waals surface area contributed by atoms with Crippen LogP contribution in [0.4, 0.5) is 45.3 Å². The van der Waals surface area contributed by atoms with Gasteiger partial charge in [-0.05, 0) is 31.5 Å². The molecule has 0 aliphatic heterocycles. The van der Waals surface area contributed by atoms with Crippen LogP contribution in [0, 0.1) is 0 Å². The second-order valence-electron chi connectivity index (χ2n) is 9.66. The summed E-state index contributed by atoms with van der Waals surface area (Å²) in [4.78, 5) is 22.9. The number of fused-ring (bicyclic) bond motifs is 1. The second kappa shape index (κ2) is 12.4. The van der Waals surface area contributed by atoms with Gasteiger partial charge >= 0.3 is 24.7 Å². The summed E-state index contributed by atoms with van der Waals surface area (Å²) in [7, 11) is -5.13. The van der Waals surface area contributed by atoms with E-state index >= 15 is 0 Å². The number of aromatic nitrogens is 4. The van der Waals surface area contributed by atoms with Crippen LogP contribution in [0.1, 0.15) is 25.5 Å². The Kier molecular flexibility index (Phi) is 9.79. The van der Waals surface area contributed by atoms with Crippen molar-refractivity contribution in [2.75, 3.05) is 12.1 Å². The van der Waals surface area contributed by atoms with Gasteiger partial charge in [0.1, 0.15) is 35.5 Å². The van der Waals surface area contributed by atoms with E-state index in [0.29, 0.717) is 24.3 Å². The van der Waals surface area contributed by atoms with Crippen LogP contribution < -0.4 is 20.6 Å². The molecule has 0 fully saturated rings. The van der Waals surface area contributed by atoms with Crippen LogP contribution in [-0.4, -0.2) is 67.3 Å². The van der Waals surface area contributed by atoms with Crippen molar-refractivity contribution >= 4 is 30.4 Å². The Balaban J connectivity index is 1.96. The number of benzene rings is 1. The highest BCUT2D eigenvalue weighted by Gasteiger charge is 2.48. The minimum atomic E-state index is -5.35. The molecule has 2 aromatic heterocycles. The Bertz CT molecular complexity index is 1510. The van der Waals surface area contributed by atoms with Crippen LogP contribution in [0.15, 0.2) is 36.9 Å². The van der Waals surface area contributed by atoms with Gasteiger partial charge in [-0.25, -0.2) is 25.1 Å². The van der Waals surface area contributed by atoms with Crippen LogP contribution >= 0.6 is 7.44 Å². The molecule has 0 radical (unpaired) electrons. The molecule has 3 aromatic rings. The number of nitrogens with two attached hydrogens (primary N) is 1. The number of imidazole rings is 1. The zero-order valence-electron chi connectivity index (χ0n) is 22.3. The maximum atomic E-state index is 14.1. The van der Waals surface area contributed by atoms with Crippen molar-refractivity contribution in [2.24, 2.45) is 0 Å². The molecule has 1 aromatic carbocycles. The molecule has 2 heterocycles. The molecule has 0 spiro atoms. The number of hydrogen-bond donors (Lipinski definition) is 4. The summed E-state index contributed by atoms with van der Waals surface area (Å²) in [5.74, 6) is -2.81. The topological polar surface area (TPSA) is 167 Å². The Hall–Kier alpha value is -3.68. The van der Waals surface area contributed by atoms with Crippen LogP contribution in [0.25, 0.3) is 11.2 Å². The highest BCUT2D eigenvalue weighted by atomic mass is 31.2. The van der Waals surface area contributed by atoms with Gasteiger partial charge in [0.05, 0.1) is 12.9 Å².